The maximum Gasteiger partial charge on any atom is 0.222 e. The van der Waals surface area contributed by atoms with Crippen molar-refractivity contribution < 1.29 is 4.79 Å². The van der Waals surface area contributed by atoms with Crippen LogP contribution in [0.4, 0.5) is 0 Å². The van der Waals surface area contributed by atoms with Crippen LogP contribution in [0.5, 0.6) is 0 Å². The van der Waals surface area contributed by atoms with Gasteiger partial charge in [0.15, 0.2) is 0 Å². The lowest BCUT2D eigenvalue weighted by Crippen LogP contribution is -2.57. The largest absolute Gasteiger partial charge is 0.340 e. The molecule has 2 aliphatic rings. The maximum atomic E-state index is 11.8. The van der Waals surface area contributed by atoms with Crippen LogP contribution < -0.4 is 5.32 Å². The number of likely N-dealkylation sites (N-methyl/N-ethyl adjacent to an activating group) is 1. The Morgan fingerprint density at radius 1 is 1.33 bits per heavy atom. The molecule has 0 atom stereocenters. The predicted octanol–water partition coefficient (Wildman–Crippen LogP) is 1.39. The molecule has 1 N–H and O–H groups in total. The molecule has 0 unspecified atom stereocenters. The van der Waals surface area contributed by atoms with Crippen LogP contribution in [-0.2, 0) is 4.79 Å². The van der Waals surface area contributed by atoms with Crippen molar-refractivity contribution in [2.24, 2.45) is 5.92 Å². The first-order valence-electron chi connectivity index (χ1n) is 6.24. The van der Waals surface area contributed by atoms with Crippen LogP contribution >= 0.6 is 0 Å². The van der Waals surface area contributed by atoms with E-state index < -0.39 is 0 Å². The van der Waals surface area contributed by atoms with Crippen molar-refractivity contribution in [2.45, 2.75) is 44.6 Å². The fourth-order valence-electron chi connectivity index (χ4n) is 2.55. The zero-order valence-electron chi connectivity index (χ0n) is 9.67. The van der Waals surface area contributed by atoms with Gasteiger partial charge in [-0.3, -0.25) is 4.79 Å². The summed E-state index contributed by atoms with van der Waals surface area (Å²) in [5, 5.41) is 3.20. The highest BCUT2D eigenvalue weighted by molar-refractivity contribution is 5.76. The summed E-state index contributed by atoms with van der Waals surface area (Å²) >= 11 is 0. The highest BCUT2D eigenvalue weighted by Crippen LogP contribution is 2.28. The average molecular weight is 210 g/mol. The van der Waals surface area contributed by atoms with E-state index in [1.807, 2.05) is 11.9 Å². The first-order valence-corrected chi connectivity index (χ1v) is 6.24. The van der Waals surface area contributed by atoms with Gasteiger partial charge in [-0.2, -0.15) is 0 Å². The third-order valence-electron chi connectivity index (χ3n) is 3.94. The van der Waals surface area contributed by atoms with Crippen molar-refractivity contribution in [3.63, 3.8) is 0 Å². The van der Waals surface area contributed by atoms with Crippen LogP contribution in [0.3, 0.4) is 0 Å². The smallest absolute Gasteiger partial charge is 0.222 e. The summed E-state index contributed by atoms with van der Waals surface area (Å²) in [5.74, 6) is 1.18. The lowest BCUT2D eigenvalue weighted by molar-refractivity contribution is -0.133. The molecule has 1 saturated heterocycles. The Morgan fingerprint density at radius 3 is 2.53 bits per heavy atom. The summed E-state index contributed by atoms with van der Waals surface area (Å²) in [4.78, 5) is 13.8. The first-order chi connectivity index (χ1) is 7.27. The van der Waals surface area contributed by atoms with E-state index in [1.165, 1.54) is 25.7 Å². The van der Waals surface area contributed by atoms with Crippen LogP contribution in [-0.4, -0.2) is 37.0 Å². The highest BCUT2D eigenvalue weighted by atomic mass is 16.2. The molecular formula is C12H22N2O. The van der Waals surface area contributed by atoms with Crippen molar-refractivity contribution in [1.29, 1.82) is 0 Å². The van der Waals surface area contributed by atoms with Gasteiger partial charge in [-0.15, -0.1) is 0 Å². The van der Waals surface area contributed by atoms with E-state index in [0.29, 0.717) is 11.9 Å². The number of nitrogens with zero attached hydrogens (tertiary/aromatic N) is 1. The highest BCUT2D eigenvalue weighted by Gasteiger charge is 2.25. The predicted molar refractivity (Wildman–Crippen MR) is 60.6 cm³/mol. The molecule has 1 saturated carbocycles. The monoisotopic (exact) mass is 210 g/mol. The second-order valence-electron chi connectivity index (χ2n) is 5.01. The van der Waals surface area contributed by atoms with Gasteiger partial charge in [0.2, 0.25) is 5.91 Å². The SMILES string of the molecule is CN(C(=O)CCC1CCCC1)C1CNC1. The van der Waals surface area contributed by atoms with Gasteiger partial charge >= 0.3 is 0 Å². The van der Waals surface area contributed by atoms with Crippen molar-refractivity contribution in [3.8, 4) is 0 Å². The molecule has 1 aliphatic carbocycles. The van der Waals surface area contributed by atoms with E-state index in [9.17, 15) is 4.79 Å². The Labute approximate surface area is 92.2 Å². The molecule has 15 heavy (non-hydrogen) atoms. The van der Waals surface area contributed by atoms with Crippen molar-refractivity contribution in [2.75, 3.05) is 20.1 Å². The second kappa shape index (κ2) is 4.97. The molecule has 0 aromatic heterocycles. The van der Waals surface area contributed by atoms with Crippen molar-refractivity contribution >= 4 is 5.91 Å². The van der Waals surface area contributed by atoms with Gasteiger partial charge in [0.1, 0.15) is 0 Å². The van der Waals surface area contributed by atoms with Crippen LogP contribution in [0.25, 0.3) is 0 Å². The average Bonchev–Trinajstić information content (AvgIpc) is 2.63. The molecule has 1 heterocycles. The molecule has 3 nitrogen and oxygen atoms in total. The fraction of sp³-hybridized carbons (Fsp3) is 0.917. The Balaban J connectivity index is 1.66. The zero-order valence-corrected chi connectivity index (χ0v) is 9.67. The van der Waals surface area contributed by atoms with Gasteiger partial charge in [-0.05, 0) is 12.3 Å². The molecule has 2 rings (SSSR count). The van der Waals surface area contributed by atoms with E-state index in [4.69, 9.17) is 0 Å². The van der Waals surface area contributed by atoms with Gasteiger partial charge in [0.25, 0.3) is 0 Å². The van der Waals surface area contributed by atoms with Crippen LogP contribution in [0.2, 0.25) is 0 Å². The van der Waals surface area contributed by atoms with E-state index in [-0.39, 0.29) is 0 Å². The van der Waals surface area contributed by atoms with E-state index in [0.717, 1.165) is 31.8 Å². The Morgan fingerprint density at radius 2 is 2.00 bits per heavy atom. The van der Waals surface area contributed by atoms with Gasteiger partial charge in [0, 0.05) is 26.6 Å². The van der Waals surface area contributed by atoms with Gasteiger partial charge in [-0.25, -0.2) is 0 Å². The number of nitrogens with one attached hydrogen (secondary N) is 1. The molecule has 0 spiro atoms. The van der Waals surface area contributed by atoms with E-state index in [1.54, 1.807) is 0 Å². The van der Waals surface area contributed by atoms with Crippen molar-refractivity contribution in [3.05, 3.63) is 0 Å². The third kappa shape index (κ3) is 2.71. The topological polar surface area (TPSA) is 32.3 Å². The lowest BCUT2D eigenvalue weighted by atomic mass is 10.0. The number of rotatable bonds is 4. The molecule has 0 radical (unpaired) electrons. The molecule has 2 fully saturated rings. The van der Waals surface area contributed by atoms with Crippen LogP contribution in [0, 0.1) is 5.92 Å². The minimum Gasteiger partial charge on any atom is -0.340 e. The Hall–Kier alpha value is -0.570. The standard InChI is InChI=1S/C12H22N2O/c1-14(11-8-13-9-11)12(15)7-6-10-4-2-3-5-10/h10-11,13H,2-9H2,1H3. The quantitative estimate of drug-likeness (QED) is 0.760. The first kappa shape index (κ1) is 10.9. The minimum atomic E-state index is 0.341. The van der Waals surface area contributed by atoms with Crippen molar-refractivity contribution in [1.82, 2.24) is 10.2 Å². The summed E-state index contributed by atoms with van der Waals surface area (Å²) in [6.45, 7) is 1.96. The third-order valence-corrected chi connectivity index (χ3v) is 3.94. The Kier molecular flexibility index (Phi) is 3.62. The number of carbonyl (C=O) groups excluding carboxylic acids is 1. The maximum absolute atomic E-state index is 11.8. The zero-order chi connectivity index (χ0) is 10.7. The summed E-state index contributed by atoms with van der Waals surface area (Å²) in [6, 6.07) is 0.459. The molecule has 3 heteroatoms. The molecule has 0 aromatic rings. The van der Waals surface area contributed by atoms with Gasteiger partial charge < -0.3 is 10.2 Å². The van der Waals surface area contributed by atoms with Crippen LogP contribution in [0.15, 0.2) is 0 Å². The number of hydrogen-bond acceptors (Lipinski definition) is 2. The normalized spacial score (nSPS) is 22.7. The molecule has 0 aromatic carbocycles. The molecular weight excluding hydrogens is 188 g/mol. The fourth-order valence-corrected chi connectivity index (χ4v) is 2.55. The van der Waals surface area contributed by atoms with E-state index >= 15 is 0 Å². The van der Waals surface area contributed by atoms with Gasteiger partial charge in [0.05, 0.1) is 6.04 Å². The summed E-state index contributed by atoms with van der Waals surface area (Å²) in [5.41, 5.74) is 0. The molecule has 1 aliphatic heterocycles. The lowest BCUT2D eigenvalue weighted by Gasteiger charge is -2.35. The number of amides is 1. The van der Waals surface area contributed by atoms with E-state index in [2.05, 4.69) is 5.32 Å². The molecule has 1 amide bonds. The molecule has 0 bridgehead atoms. The van der Waals surface area contributed by atoms with Gasteiger partial charge in [-0.1, -0.05) is 25.7 Å². The number of carbonyl (C=O) groups is 1. The summed E-state index contributed by atoms with van der Waals surface area (Å²) in [7, 11) is 1.95. The number of hydrogen-bond donors (Lipinski definition) is 1. The Bertz CT molecular complexity index is 220. The van der Waals surface area contributed by atoms with Crippen LogP contribution in [0.1, 0.15) is 38.5 Å². The molecule has 86 valence electrons. The summed E-state index contributed by atoms with van der Waals surface area (Å²) in [6.07, 6.45) is 7.33. The second-order valence-corrected chi connectivity index (χ2v) is 5.01. The minimum absolute atomic E-state index is 0.341. The summed E-state index contributed by atoms with van der Waals surface area (Å²) < 4.78 is 0.